The van der Waals surface area contributed by atoms with E-state index < -0.39 is 5.82 Å². The fourth-order valence-corrected chi connectivity index (χ4v) is 2.67. The average Bonchev–Trinajstić information content (AvgIpc) is 2.54. The van der Waals surface area contributed by atoms with Crippen molar-refractivity contribution in [2.75, 3.05) is 13.1 Å². The molecule has 0 spiro atoms. The molecule has 4 nitrogen and oxygen atoms in total. The number of likely N-dealkylation sites (tertiary alicyclic amines) is 1. The second kappa shape index (κ2) is 7.11. The molecule has 1 saturated heterocycles. The summed E-state index contributed by atoms with van der Waals surface area (Å²) in [5, 5.41) is 3.07. The normalized spacial score (nSPS) is 16.3. The summed E-state index contributed by atoms with van der Waals surface area (Å²) in [5.74, 6) is -0.573. The number of halogens is 1. The predicted molar refractivity (Wildman–Crippen MR) is 87.5 cm³/mol. The van der Waals surface area contributed by atoms with Gasteiger partial charge in [0.1, 0.15) is 5.82 Å². The zero-order valence-corrected chi connectivity index (χ0v) is 14.1. The maximum atomic E-state index is 13.2. The Bertz CT molecular complexity index is 578. The molecule has 0 aromatic heterocycles. The third kappa shape index (κ3) is 4.53. The monoisotopic (exact) mass is 320 g/mol. The van der Waals surface area contributed by atoms with Gasteiger partial charge in [-0.05, 0) is 51.3 Å². The standard InChI is InChI=1S/C18H25FN2O2/c1-4-18(2,3)20-16(22)13-8-10-21(11-9-13)17(23)14-6-5-7-15(19)12-14/h5-7,12-13H,4,8-11H2,1-3H3,(H,20,22). The molecule has 1 N–H and O–H groups in total. The number of amides is 2. The van der Waals surface area contributed by atoms with Gasteiger partial charge in [0.05, 0.1) is 0 Å². The molecule has 1 heterocycles. The molecule has 5 heteroatoms. The Balaban J connectivity index is 1.91. The second-order valence-electron chi connectivity index (χ2n) is 6.80. The van der Waals surface area contributed by atoms with Gasteiger partial charge in [0.25, 0.3) is 5.91 Å². The topological polar surface area (TPSA) is 49.4 Å². The number of carbonyl (C=O) groups excluding carboxylic acids is 2. The highest BCUT2D eigenvalue weighted by Gasteiger charge is 2.30. The number of benzene rings is 1. The van der Waals surface area contributed by atoms with Crippen LogP contribution < -0.4 is 5.32 Å². The highest BCUT2D eigenvalue weighted by molar-refractivity contribution is 5.94. The fraction of sp³-hybridized carbons (Fsp3) is 0.556. The smallest absolute Gasteiger partial charge is 0.253 e. The number of carbonyl (C=O) groups is 2. The van der Waals surface area contributed by atoms with Crippen molar-refractivity contribution in [1.82, 2.24) is 10.2 Å². The van der Waals surface area contributed by atoms with Crippen molar-refractivity contribution in [3.05, 3.63) is 35.6 Å². The molecule has 0 atom stereocenters. The predicted octanol–water partition coefficient (Wildman–Crippen LogP) is 2.98. The fourth-order valence-electron chi connectivity index (χ4n) is 2.67. The number of piperidine rings is 1. The van der Waals surface area contributed by atoms with Gasteiger partial charge in [-0.25, -0.2) is 4.39 Å². The molecule has 1 aromatic carbocycles. The van der Waals surface area contributed by atoms with Gasteiger partial charge in [-0.15, -0.1) is 0 Å². The summed E-state index contributed by atoms with van der Waals surface area (Å²) in [7, 11) is 0. The molecule has 2 rings (SSSR count). The minimum absolute atomic E-state index is 0.0580. The Kier molecular flexibility index (Phi) is 5.39. The minimum atomic E-state index is -0.410. The molecule has 0 bridgehead atoms. The second-order valence-corrected chi connectivity index (χ2v) is 6.80. The third-order valence-corrected chi connectivity index (χ3v) is 4.57. The molecule has 23 heavy (non-hydrogen) atoms. The molecule has 2 amide bonds. The van der Waals surface area contributed by atoms with E-state index in [2.05, 4.69) is 5.32 Å². The summed E-state index contributed by atoms with van der Waals surface area (Å²) in [6.07, 6.45) is 2.16. The number of hydrogen-bond donors (Lipinski definition) is 1. The molecule has 1 aliphatic rings. The van der Waals surface area contributed by atoms with Crippen LogP contribution in [0.1, 0.15) is 50.4 Å². The summed E-state index contributed by atoms with van der Waals surface area (Å²) < 4.78 is 13.2. The van der Waals surface area contributed by atoms with Crippen molar-refractivity contribution >= 4 is 11.8 Å². The van der Waals surface area contributed by atoms with Gasteiger partial charge >= 0.3 is 0 Å². The minimum Gasteiger partial charge on any atom is -0.351 e. The number of nitrogens with zero attached hydrogens (tertiary/aromatic N) is 1. The summed E-state index contributed by atoms with van der Waals surface area (Å²) in [6.45, 7) is 7.11. The lowest BCUT2D eigenvalue weighted by molar-refractivity contribution is -0.128. The molecular formula is C18H25FN2O2. The number of nitrogens with one attached hydrogen (secondary N) is 1. The van der Waals surface area contributed by atoms with Gasteiger partial charge in [0.15, 0.2) is 0 Å². The van der Waals surface area contributed by atoms with E-state index in [9.17, 15) is 14.0 Å². The molecule has 1 aliphatic heterocycles. The van der Waals surface area contributed by atoms with Gasteiger partial charge in [-0.3, -0.25) is 9.59 Å². The van der Waals surface area contributed by atoms with Gasteiger partial charge in [0, 0.05) is 30.1 Å². The number of rotatable bonds is 4. The first kappa shape index (κ1) is 17.4. The van der Waals surface area contributed by atoms with Crippen LogP contribution in [0.4, 0.5) is 4.39 Å². The Morgan fingerprint density at radius 3 is 2.52 bits per heavy atom. The van der Waals surface area contributed by atoms with Crippen molar-refractivity contribution in [2.45, 2.75) is 45.6 Å². The summed E-state index contributed by atoms with van der Waals surface area (Å²) >= 11 is 0. The zero-order chi connectivity index (χ0) is 17.0. The third-order valence-electron chi connectivity index (χ3n) is 4.57. The van der Waals surface area contributed by atoms with Gasteiger partial charge in [-0.1, -0.05) is 13.0 Å². The molecule has 1 aromatic rings. The van der Waals surface area contributed by atoms with Gasteiger partial charge in [0.2, 0.25) is 5.91 Å². The first-order chi connectivity index (χ1) is 10.8. The van der Waals surface area contributed by atoms with E-state index in [4.69, 9.17) is 0 Å². The molecular weight excluding hydrogens is 295 g/mol. The quantitative estimate of drug-likeness (QED) is 0.927. The summed E-state index contributed by atoms with van der Waals surface area (Å²) in [5.41, 5.74) is 0.158. The van der Waals surface area contributed by atoms with E-state index in [0.29, 0.717) is 31.5 Å². The maximum Gasteiger partial charge on any atom is 0.253 e. The molecule has 0 radical (unpaired) electrons. The van der Waals surface area contributed by atoms with Crippen LogP contribution in [0.3, 0.4) is 0 Å². The van der Waals surface area contributed by atoms with Gasteiger partial charge < -0.3 is 10.2 Å². The lowest BCUT2D eigenvalue weighted by Gasteiger charge is -2.33. The van der Waals surface area contributed by atoms with Crippen LogP contribution in [0.2, 0.25) is 0 Å². The lowest BCUT2D eigenvalue weighted by atomic mass is 9.93. The Morgan fingerprint density at radius 1 is 1.30 bits per heavy atom. The Hall–Kier alpha value is -1.91. The number of hydrogen-bond acceptors (Lipinski definition) is 2. The van der Waals surface area contributed by atoms with Crippen LogP contribution in [-0.4, -0.2) is 35.3 Å². The van der Waals surface area contributed by atoms with Crippen molar-refractivity contribution in [1.29, 1.82) is 0 Å². The van der Waals surface area contributed by atoms with Crippen LogP contribution in [0, 0.1) is 11.7 Å². The molecule has 126 valence electrons. The first-order valence-electron chi connectivity index (χ1n) is 8.19. The SMILES string of the molecule is CCC(C)(C)NC(=O)C1CCN(C(=O)c2cccc(F)c2)CC1. The largest absolute Gasteiger partial charge is 0.351 e. The maximum absolute atomic E-state index is 13.2. The Labute approximate surface area is 137 Å². The van der Waals surface area contributed by atoms with Crippen molar-refractivity contribution in [3.8, 4) is 0 Å². The molecule has 1 fully saturated rings. The Morgan fingerprint density at radius 2 is 1.96 bits per heavy atom. The van der Waals surface area contributed by atoms with E-state index in [0.717, 1.165) is 6.42 Å². The van der Waals surface area contributed by atoms with E-state index in [-0.39, 0.29) is 23.3 Å². The van der Waals surface area contributed by atoms with Crippen LogP contribution in [-0.2, 0) is 4.79 Å². The average molecular weight is 320 g/mol. The molecule has 0 saturated carbocycles. The van der Waals surface area contributed by atoms with Crippen molar-refractivity contribution in [2.24, 2.45) is 5.92 Å². The van der Waals surface area contributed by atoms with Crippen LogP contribution in [0.25, 0.3) is 0 Å². The van der Waals surface area contributed by atoms with E-state index >= 15 is 0 Å². The van der Waals surface area contributed by atoms with Crippen LogP contribution in [0.5, 0.6) is 0 Å². The van der Waals surface area contributed by atoms with Crippen LogP contribution >= 0.6 is 0 Å². The molecule has 0 aliphatic carbocycles. The van der Waals surface area contributed by atoms with E-state index in [1.165, 1.54) is 18.2 Å². The first-order valence-corrected chi connectivity index (χ1v) is 8.19. The zero-order valence-electron chi connectivity index (χ0n) is 14.1. The van der Waals surface area contributed by atoms with E-state index in [1.54, 1.807) is 11.0 Å². The van der Waals surface area contributed by atoms with Gasteiger partial charge in [-0.2, -0.15) is 0 Å². The van der Waals surface area contributed by atoms with E-state index in [1.807, 2.05) is 20.8 Å². The highest BCUT2D eigenvalue weighted by atomic mass is 19.1. The van der Waals surface area contributed by atoms with Crippen LogP contribution in [0.15, 0.2) is 24.3 Å². The highest BCUT2D eigenvalue weighted by Crippen LogP contribution is 2.21. The summed E-state index contributed by atoms with van der Waals surface area (Å²) in [4.78, 5) is 26.4. The van der Waals surface area contributed by atoms with Crippen molar-refractivity contribution < 1.29 is 14.0 Å². The van der Waals surface area contributed by atoms with Crippen molar-refractivity contribution in [3.63, 3.8) is 0 Å². The summed E-state index contributed by atoms with van der Waals surface area (Å²) in [6, 6.07) is 5.73. The molecule has 0 unspecified atom stereocenters. The lowest BCUT2D eigenvalue weighted by Crippen LogP contribution is -2.48.